The topological polar surface area (TPSA) is 61.0 Å². The summed E-state index contributed by atoms with van der Waals surface area (Å²) in [7, 11) is 0. The monoisotopic (exact) mass is 388 g/mol. The van der Waals surface area contributed by atoms with Gasteiger partial charge in [0, 0.05) is 36.8 Å². The van der Waals surface area contributed by atoms with Crippen molar-refractivity contribution in [1.29, 1.82) is 0 Å². The van der Waals surface area contributed by atoms with E-state index >= 15 is 0 Å². The van der Waals surface area contributed by atoms with E-state index in [9.17, 15) is 4.79 Å². The van der Waals surface area contributed by atoms with Gasteiger partial charge in [-0.25, -0.2) is 0 Å². The lowest BCUT2D eigenvalue weighted by molar-refractivity contribution is -0.122. The van der Waals surface area contributed by atoms with Gasteiger partial charge in [0.15, 0.2) is 0 Å². The van der Waals surface area contributed by atoms with Crippen molar-refractivity contribution in [2.75, 3.05) is 13.1 Å². The zero-order chi connectivity index (χ0) is 20.2. The van der Waals surface area contributed by atoms with Gasteiger partial charge in [-0.1, -0.05) is 60.7 Å². The van der Waals surface area contributed by atoms with Crippen LogP contribution >= 0.6 is 0 Å². The summed E-state index contributed by atoms with van der Waals surface area (Å²) in [5.41, 5.74) is 5.93. The second kappa shape index (κ2) is 8.62. The van der Waals surface area contributed by atoms with Crippen LogP contribution in [-0.2, 0) is 17.8 Å². The van der Waals surface area contributed by atoms with E-state index in [1.165, 1.54) is 22.4 Å². The van der Waals surface area contributed by atoms with Crippen LogP contribution in [0.25, 0.3) is 0 Å². The van der Waals surface area contributed by atoms with E-state index in [4.69, 9.17) is 5.10 Å². The van der Waals surface area contributed by atoms with Crippen LogP contribution in [0.2, 0.25) is 0 Å². The second-order valence-corrected chi connectivity index (χ2v) is 8.00. The molecule has 0 atom stereocenters. The van der Waals surface area contributed by atoms with Crippen LogP contribution in [0.15, 0.2) is 60.7 Å². The summed E-state index contributed by atoms with van der Waals surface area (Å²) >= 11 is 0. The molecule has 0 saturated carbocycles. The maximum Gasteiger partial charge on any atom is 0.234 e. The number of benzene rings is 2. The van der Waals surface area contributed by atoms with Gasteiger partial charge in [0.1, 0.15) is 0 Å². The largest absolute Gasteiger partial charge is 0.353 e. The molecule has 2 heterocycles. The molecule has 0 unspecified atom stereocenters. The molecule has 29 heavy (non-hydrogen) atoms. The highest BCUT2D eigenvalue weighted by Crippen LogP contribution is 2.35. The standard InChI is InChI=1S/C24H28N4O/c1-17(2)25-22(29)16-28-14-13-21-20(15-28)24(27-26-21)23(18-9-5-3-6-10-18)19-11-7-4-8-12-19/h3-12,17,23H,13-16H2,1-2H3,(H,25,29)(H,26,27). The van der Waals surface area contributed by atoms with Crippen LogP contribution < -0.4 is 5.32 Å². The Morgan fingerprint density at radius 1 is 1.07 bits per heavy atom. The van der Waals surface area contributed by atoms with Crippen LogP contribution in [0.3, 0.4) is 0 Å². The van der Waals surface area contributed by atoms with E-state index in [0.717, 1.165) is 25.2 Å². The van der Waals surface area contributed by atoms with Crippen LogP contribution in [0.5, 0.6) is 0 Å². The number of amides is 1. The third kappa shape index (κ3) is 4.40. The lowest BCUT2D eigenvalue weighted by Gasteiger charge is -2.28. The lowest BCUT2D eigenvalue weighted by Crippen LogP contribution is -2.42. The van der Waals surface area contributed by atoms with Crippen LogP contribution in [0, 0.1) is 0 Å². The number of aromatic amines is 1. The van der Waals surface area contributed by atoms with Crippen molar-refractivity contribution in [1.82, 2.24) is 20.4 Å². The first-order valence-corrected chi connectivity index (χ1v) is 10.3. The molecule has 0 spiro atoms. The molecule has 0 fully saturated rings. The minimum absolute atomic E-state index is 0.0711. The SMILES string of the molecule is CC(C)NC(=O)CN1CCc2[nH]nc(C(c3ccccc3)c3ccccc3)c2C1. The van der Waals surface area contributed by atoms with Gasteiger partial charge in [0.05, 0.1) is 18.2 Å². The smallest absolute Gasteiger partial charge is 0.234 e. The van der Waals surface area contributed by atoms with Crippen molar-refractivity contribution in [3.8, 4) is 0 Å². The van der Waals surface area contributed by atoms with Gasteiger partial charge >= 0.3 is 0 Å². The van der Waals surface area contributed by atoms with Crippen molar-refractivity contribution in [3.63, 3.8) is 0 Å². The Labute approximate surface area is 172 Å². The Balaban J connectivity index is 1.65. The molecule has 150 valence electrons. The Kier molecular flexibility index (Phi) is 5.76. The van der Waals surface area contributed by atoms with E-state index in [2.05, 4.69) is 63.8 Å². The van der Waals surface area contributed by atoms with Crippen LogP contribution in [0.1, 0.15) is 47.8 Å². The fourth-order valence-electron chi connectivity index (χ4n) is 4.12. The van der Waals surface area contributed by atoms with Gasteiger partial charge < -0.3 is 5.32 Å². The fourth-order valence-corrected chi connectivity index (χ4v) is 4.12. The average Bonchev–Trinajstić information content (AvgIpc) is 3.12. The summed E-state index contributed by atoms with van der Waals surface area (Å²) in [5.74, 6) is 0.151. The van der Waals surface area contributed by atoms with E-state index in [1.807, 2.05) is 26.0 Å². The van der Waals surface area contributed by atoms with Crippen molar-refractivity contribution >= 4 is 5.91 Å². The molecule has 1 aliphatic heterocycles. The number of hydrogen-bond acceptors (Lipinski definition) is 3. The summed E-state index contributed by atoms with van der Waals surface area (Å²) < 4.78 is 0. The molecule has 0 saturated heterocycles. The summed E-state index contributed by atoms with van der Waals surface area (Å²) in [5, 5.41) is 11.0. The molecule has 5 nitrogen and oxygen atoms in total. The first-order chi connectivity index (χ1) is 14.1. The number of rotatable bonds is 6. The molecule has 1 aromatic heterocycles. The molecule has 2 N–H and O–H groups in total. The predicted molar refractivity (Wildman–Crippen MR) is 115 cm³/mol. The molecule has 2 aromatic carbocycles. The van der Waals surface area contributed by atoms with Crippen molar-refractivity contribution < 1.29 is 4.79 Å². The molecule has 0 aliphatic carbocycles. The Morgan fingerprint density at radius 2 is 1.69 bits per heavy atom. The number of nitrogens with zero attached hydrogens (tertiary/aromatic N) is 2. The van der Waals surface area contributed by atoms with Gasteiger partial charge in [0.25, 0.3) is 0 Å². The number of aromatic nitrogens is 2. The van der Waals surface area contributed by atoms with Crippen LogP contribution in [0.4, 0.5) is 0 Å². The normalized spacial score (nSPS) is 14.2. The number of fused-ring (bicyclic) bond motifs is 1. The first kappa shape index (κ1) is 19.4. The van der Waals surface area contributed by atoms with Crippen molar-refractivity contribution in [3.05, 3.63) is 88.7 Å². The second-order valence-electron chi connectivity index (χ2n) is 8.00. The summed E-state index contributed by atoms with van der Waals surface area (Å²) in [4.78, 5) is 14.5. The van der Waals surface area contributed by atoms with Gasteiger partial charge in [-0.05, 0) is 25.0 Å². The average molecular weight is 389 g/mol. The highest BCUT2D eigenvalue weighted by molar-refractivity contribution is 5.78. The highest BCUT2D eigenvalue weighted by atomic mass is 16.2. The molecule has 1 aliphatic rings. The number of hydrogen-bond donors (Lipinski definition) is 2. The first-order valence-electron chi connectivity index (χ1n) is 10.3. The predicted octanol–water partition coefficient (Wildman–Crippen LogP) is 3.47. The van der Waals surface area contributed by atoms with E-state index in [1.54, 1.807) is 0 Å². The summed E-state index contributed by atoms with van der Waals surface area (Å²) in [6.45, 7) is 6.00. The molecule has 5 heteroatoms. The number of carbonyl (C=O) groups excluding carboxylic acids is 1. The minimum atomic E-state index is 0.0711. The Morgan fingerprint density at radius 3 is 2.28 bits per heavy atom. The number of H-pyrrole nitrogens is 1. The fraction of sp³-hybridized carbons (Fsp3) is 0.333. The van der Waals surface area contributed by atoms with Gasteiger partial charge in [-0.15, -0.1) is 0 Å². The van der Waals surface area contributed by atoms with Crippen molar-refractivity contribution in [2.45, 2.75) is 38.8 Å². The zero-order valence-corrected chi connectivity index (χ0v) is 17.1. The third-order valence-corrected chi connectivity index (χ3v) is 5.40. The molecular formula is C24H28N4O. The molecule has 0 bridgehead atoms. The Hall–Kier alpha value is -2.92. The third-order valence-electron chi connectivity index (χ3n) is 5.40. The number of nitrogens with one attached hydrogen (secondary N) is 2. The summed E-state index contributed by atoms with van der Waals surface area (Å²) in [6.07, 6.45) is 0.883. The van der Waals surface area contributed by atoms with Gasteiger partial charge in [-0.3, -0.25) is 14.8 Å². The lowest BCUT2D eigenvalue weighted by atomic mass is 9.85. The molecule has 4 rings (SSSR count). The number of carbonyl (C=O) groups is 1. The van der Waals surface area contributed by atoms with E-state index in [-0.39, 0.29) is 17.9 Å². The van der Waals surface area contributed by atoms with Crippen LogP contribution in [-0.4, -0.2) is 40.1 Å². The quantitative estimate of drug-likeness (QED) is 0.680. The van der Waals surface area contributed by atoms with E-state index in [0.29, 0.717) is 6.54 Å². The Bertz CT molecular complexity index is 910. The molecular weight excluding hydrogens is 360 g/mol. The molecule has 0 radical (unpaired) electrons. The zero-order valence-electron chi connectivity index (χ0n) is 17.1. The maximum atomic E-state index is 12.3. The minimum Gasteiger partial charge on any atom is -0.353 e. The summed E-state index contributed by atoms with van der Waals surface area (Å²) in [6, 6.07) is 21.2. The van der Waals surface area contributed by atoms with Crippen molar-refractivity contribution in [2.24, 2.45) is 0 Å². The van der Waals surface area contributed by atoms with E-state index < -0.39 is 0 Å². The maximum absolute atomic E-state index is 12.3. The molecule has 3 aromatic rings. The van der Waals surface area contributed by atoms with Gasteiger partial charge in [-0.2, -0.15) is 5.10 Å². The highest BCUT2D eigenvalue weighted by Gasteiger charge is 2.29. The van der Waals surface area contributed by atoms with Gasteiger partial charge in [0.2, 0.25) is 5.91 Å². The molecule has 1 amide bonds.